The second-order valence-electron chi connectivity index (χ2n) is 4.80. The minimum absolute atomic E-state index is 0.181. The predicted molar refractivity (Wildman–Crippen MR) is 80.8 cm³/mol. The van der Waals surface area contributed by atoms with Gasteiger partial charge in [-0.1, -0.05) is 25.1 Å². The van der Waals surface area contributed by atoms with E-state index >= 15 is 0 Å². The third kappa shape index (κ3) is 3.15. The number of carboxylic acids is 1. The Morgan fingerprint density at radius 3 is 2.67 bits per heavy atom. The Labute approximate surface area is 130 Å². The molecule has 1 aromatic heterocycles. The Bertz CT molecular complexity index is 670. The highest BCUT2D eigenvalue weighted by molar-refractivity contribution is 9.10. The molecular formula is C15H16BrFN2O2. The number of carboxylic acid groups (broad SMARTS) is 1. The van der Waals surface area contributed by atoms with E-state index in [0.717, 1.165) is 22.3 Å². The topological polar surface area (TPSA) is 55.1 Å². The Kier molecular flexibility index (Phi) is 4.77. The van der Waals surface area contributed by atoms with Crippen LogP contribution in [0.1, 0.15) is 29.8 Å². The van der Waals surface area contributed by atoms with Crippen LogP contribution in [-0.2, 0) is 24.7 Å². The summed E-state index contributed by atoms with van der Waals surface area (Å²) in [4.78, 5) is 11.5. The van der Waals surface area contributed by atoms with E-state index in [-0.39, 0.29) is 12.0 Å². The van der Waals surface area contributed by atoms with Crippen molar-refractivity contribution in [2.45, 2.75) is 25.7 Å². The molecule has 6 heteroatoms. The molecule has 0 bridgehead atoms. The zero-order valence-electron chi connectivity index (χ0n) is 11.8. The van der Waals surface area contributed by atoms with Crippen LogP contribution in [0.3, 0.4) is 0 Å². The number of aryl methyl sites for hydroxylation is 2. The Hall–Kier alpha value is -1.69. The highest BCUT2D eigenvalue weighted by Gasteiger charge is 2.26. The van der Waals surface area contributed by atoms with Gasteiger partial charge in [-0.25, -0.2) is 4.39 Å². The monoisotopic (exact) mass is 354 g/mol. The second-order valence-corrected chi connectivity index (χ2v) is 5.59. The summed E-state index contributed by atoms with van der Waals surface area (Å²) in [5.41, 5.74) is 1.81. The highest BCUT2D eigenvalue weighted by atomic mass is 79.9. The number of halogens is 2. The van der Waals surface area contributed by atoms with E-state index in [1.807, 2.05) is 6.92 Å². The lowest BCUT2D eigenvalue weighted by molar-refractivity contribution is -0.138. The molecule has 1 N–H and O–H groups in total. The van der Waals surface area contributed by atoms with E-state index in [2.05, 4.69) is 21.0 Å². The van der Waals surface area contributed by atoms with E-state index in [4.69, 9.17) is 0 Å². The van der Waals surface area contributed by atoms with Crippen molar-refractivity contribution in [1.82, 2.24) is 9.78 Å². The van der Waals surface area contributed by atoms with Gasteiger partial charge in [0, 0.05) is 19.0 Å². The van der Waals surface area contributed by atoms with Crippen molar-refractivity contribution < 1.29 is 14.3 Å². The lowest BCUT2D eigenvalue weighted by Gasteiger charge is -2.14. The van der Waals surface area contributed by atoms with Gasteiger partial charge in [0.1, 0.15) is 5.82 Å². The molecular weight excluding hydrogens is 339 g/mol. The molecule has 21 heavy (non-hydrogen) atoms. The van der Waals surface area contributed by atoms with Crippen LogP contribution in [0.25, 0.3) is 0 Å². The molecule has 0 radical (unpaired) electrons. The number of hydrogen-bond donors (Lipinski definition) is 1. The van der Waals surface area contributed by atoms with Crippen molar-refractivity contribution >= 4 is 21.9 Å². The average Bonchev–Trinajstić information content (AvgIpc) is 2.72. The van der Waals surface area contributed by atoms with Crippen LogP contribution >= 0.6 is 15.9 Å². The van der Waals surface area contributed by atoms with E-state index in [9.17, 15) is 14.3 Å². The molecule has 0 aliphatic heterocycles. The molecule has 0 amide bonds. The fourth-order valence-electron chi connectivity index (χ4n) is 2.32. The first kappa shape index (κ1) is 15.7. The molecule has 0 aliphatic carbocycles. The molecule has 2 rings (SSSR count). The zero-order chi connectivity index (χ0) is 15.6. The van der Waals surface area contributed by atoms with Gasteiger partial charge in [0.15, 0.2) is 0 Å². The van der Waals surface area contributed by atoms with E-state index in [0.29, 0.717) is 0 Å². The number of rotatable bonds is 5. The van der Waals surface area contributed by atoms with Crippen molar-refractivity contribution in [3.8, 4) is 0 Å². The van der Waals surface area contributed by atoms with Gasteiger partial charge in [-0.3, -0.25) is 9.48 Å². The molecule has 0 saturated heterocycles. The molecule has 0 spiro atoms. The first-order valence-electron chi connectivity index (χ1n) is 6.63. The van der Waals surface area contributed by atoms with Crippen molar-refractivity contribution in [1.29, 1.82) is 0 Å². The summed E-state index contributed by atoms with van der Waals surface area (Å²) in [6, 6.07) is 5.98. The third-order valence-corrected chi connectivity index (χ3v) is 4.39. The number of benzene rings is 1. The summed E-state index contributed by atoms with van der Waals surface area (Å²) >= 11 is 3.46. The average molecular weight is 355 g/mol. The summed E-state index contributed by atoms with van der Waals surface area (Å²) in [6.45, 7) is 1.97. The maximum Gasteiger partial charge on any atom is 0.311 e. The standard InChI is InChI=1S/C15H16BrFN2O2/c1-3-12-14(16)13(19(2)18-12)8-10(15(20)21)9-6-4-5-7-11(9)17/h4-7,10H,3,8H2,1-2H3,(H,20,21). The van der Waals surface area contributed by atoms with Crippen LogP contribution in [0.2, 0.25) is 0 Å². The second kappa shape index (κ2) is 6.39. The van der Waals surface area contributed by atoms with Crippen molar-refractivity contribution in [2.75, 3.05) is 0 Å². The van der Waals surface area contributed by atoms with Crippen LogP contribution in [0.15, 0.2) is 28.7 Å². The van der Waals surface area contributed by atoms with Crippen LogP contribution in [-0.4, -0.2) is 20.9 Å². The van der Waals surface area contributed by atoms with Gasteiger partial charge < -0.3 is 5.11 Å². The predicted octanol–water partition coefficient (Wildman–Crippen LogP) is 3.30. The van der Waals surface area contributed by atoms with Gasteiger partial charge in [0.2, 0.25) is 0 Å². The zero-order valence-corrected chi connectivity index (χ0v) is 13.4. The summed E-state index contributed by atoms with van der Waals surface area (Å²) in [6.07, 6.45) is 0.923. The minimum Gasteiger partial charge on any atom is -0.481 e. The lowest BCUT2D eigenvalue weighted by atomic mass is 9.93. The fraction of sp³-hybridized carbons (Fsp3) is 0.333. The number of aromatic nitrogens is 2. The maximum absolute atomic E-state index is 13.9. The highest BCUT2D eigenvalue weighted by Crippen LogP contribution is 2.29. The Morgan fingerprint density at radius 2 is 2.14 bits per heavy atom. The molecule has 0 saturated carbocycles. The summed E-state index contributed by atoms with van der Waals surface area (Å²) in [7, 11) is 1.76. The molecule has 0 aliphatic rings. The van der Waals surface area contributed by atoms with Gasteiger partial charge >= 0.3 is 5.97 Å². The molecule has 1 atom stereocenters. The van der Waals surface area contributed by atoms with Crippen molar-refractivity contribution in [3.63, 3.8) is 0 Å². The maximum atomic E-state index is 13.9. The fourth-order valence-corrected chi connectivity index (χ4v) is 3.10. The van der Waals surface area contributed by atoms with Crippen molar-refractivity contribution in [2.24, 2.45) is 7.05 Å². The van der Waals surface area contributed by atoms with Crippen LogP contribution in [0.5, 0.6) is 0 Å². The first-order valence-corrected chi connectivity index (χ1v) is 7.42. The summed E-state index contributed by atoms with van der Waals surface area (Å²) < 4.78 is 16.3. The molecule has 1 unspecified atom stereocenters. The van der Waals surface area contributed by atoms with Crippen LogP contribution in [0.4, 0.5) is 4.39 Å². The number of hydrogen-bond acceptors (Lipinski definition) is 2. The van der Waals surface area contributed by atoms with E-state index < -0.39 is 17.7 Å². The van der Waals surface area contributed by atoms with Gasteiger partial charge in [0.05, 0.1) is 21.8 Å². The smallest absolute Gasteiger partial charge is 0.311 e. The molecule has 1 heterocycles. The molecule has 112 valence electrons. The SMILES string of the molecule is CCc1nn(C)c(CC(C(=O)O)c2ccccc2F)c1Br. The molecule has 0 fully saturated rings. The lowest BCUT2D eigenvalue weighted by Crippen LogP contribution is -2.17. The largest absolute Gasteiger partial charge is 0.481 e. The Morgan fingerprint density at radius 1 is 1.48 bits per heavy atom. The summed E-state index contributed by atoms with van der Waals surface area (Å²) in [5, 5.41) is 13.8. The number of aliphatic carboxylic acids is 1. The minimum atomic E-state index is -1.05. The third-order valence-electron chi connectivity index (χ3n) is 3.48. The molecule has 4 nitrogen and oxygen atoms in total. The van der Waals surface area contributed by atoms with Gasteiger partial charge in [-0.2, -0.15) is 5.10 Å². The quantitative estimate of drug-likeness (QED) is 0.896. The normalized spacial score (nSPS) is 12.4. The van der Waals surface area contributed by atoms with E-state index in [1.54, 1.807) is 23.9 Å². The van der Waals surface area contributed by atoms with E-state index in [1.165, 1.54) is 12.1 Å². The van der Waals surface area contributed by atoms with Gasteiger partial charge in [-0.15, -0.1) is 0 Å². The molecule has 2 aromatic rings. The van der Waals surface area contributed by atoms with Crippen LogP contribution in [0, 0.1) is 5.82 Å². The van der Waals surface area contributed by atoms with Gasteiger partial charge in [-0.05, 0) is 28.4 Å². The summed E-state index contributed by atoms with van der Waals surface area (Å²) in [5.74, 6) is -2.49. The van der Waals surface area contributed by atoms with Crippen LogP contribution < -0.4 is 0 Å². The number of nitrogens with zero attached hydrogens (tertiary/aromatic N) is 2. The van der Waals surface area contributed by atoms with Crippen molar-refractivity contribution in [3.05, 3.63) is 51.5 Å². The number of carbonyl (C=O) groups is 1. The molecule has 1 aromatic carbocycles. The first-order chi connectivity index (χ1) is 9.95. The Balaban J connectivity index is 2.41. The van der Waals surface area contributed by atoms with Gasteiger partial charge in [0.25, 0.3) is 0 Å².